The molecule has 2 aromatic rings. The molecule has 0 radical (unpaired) electrons. The van der Waals surface area contributed by atoms with Gasteiger partial charge in [0.25, 0.3) is 11.8 Å². The molecule has 2 rings (SSSR count). The fourth-order valence-corrected chi connectivity index (χ4v) is 2.31. The second kappa shape index (κ2) is 8.15. The van der Waals surface area contributed by atoms with Gasteiger partial charge in [-0.25, -0.2) is 0 Å². The van der Waals surface area contributed by atoms with E-state index < -0.39 is 5.91 Å². The normalized spacial score (nSPS) is 10.1. The van der Waals surface area contributed by atoms with Crippen molar-refractivity contribution < 1.29 is 14.3 Å². The van der Waals surface area contributed by atoms with Gasteiger partial charge in [-0.05, 0) is 49.1 Å². The zero-order valence-electron chi connectivity index (χ0n) is 14.2. The topological polar surface area (TPSA) is 67.4 Å². The molecule has 0 spiro atoms. The van der Waals surface area contributed by atoms with Gasteiger partial charge < -0.3 is 4.74 Å². The van der Waals surface area contributed by atoms with Gasteiger partial charge in [0, 0.05) is 5.56 Å². The highest BCUT2D eigenvalue weighted by atomic mass is 16.5. The number of amides is 2. The maximum atomic E-state index is 12.1. The van der Waals surface area contributed by atoms with Crippen LogP contribution in [0.25, 0.3) is 0 Å². The number of hydrazine groups is 1. The minimum Gasteiger partial charge on any atom is -0.483 e. The fourth-order valence-electron chi connectivity index (χ4n) is 2.31. The molecule has 0 atom stereocenters. The molecular weight excluding hydrogens is 304 g/mol. The summed E-state index contributed by atoms with van der Waals surface area (Å²) in [7, 11) is 0. The van der Waals surface area contributed by atoms with E-state index in [9.17, 15) is 9.59 Å². The van der Waals surface area contributed by atoms with Gasteiger partial charge in [-0.3, -0.25) is 20.4 Å². The van der Waals surface area contributed by atoms with Crippen molar-refractivity contribution in [2.24, 2.45) is 0 Å². The standard InChI is InChI=1S/C19H22N2O3/c1-4-15-9-5-6-11-17(15)24-12-18(22)20-21-19(23)16-10-7-8-13(2)14(16)3/h5-11H,4,12H2,1-3H3,(H,20,22)(H,21,23). The molecule has 24 heavy (non-hydrogen) atoms. The third kappa shape index (κ3) is 4.35. The Balaban J connectivity index is 1.87. The zero-order valence-corrected chi connectivity index (χ0v) is 14.2. The van der Waals surface area contributed by atoms with E-state index in [1.807, 2.05) is 57.2 Å². The number of carbonyl (C=O) groups is 2. The molecule has 0 unspecified atom stereocenters. The molecule has 0 fully saturated rings. The van der Waals surface area contributed by atoms with Crippen molar-refractivity contribution in [3.8, 4) is 5.75 Å². The molecule has 0 saturated heterocycles. The molecule has 5 nitrogen and oxygen atoms in total. The van der Waals surface area contributed by atoms with Crippen LogP contribution in [-0.2, 0) is 11.2 Å². The Kier molecular flexibility index (Phi) is 5.95. The molecule has 126 valence electrons. The largest absolute Gasteiger partial charge is 0.483 e. The molecule has 0 aliphatic carbocycles. The number of carbonyl (C=O) groups excluding carboxylic acids is 2. The van der Waals surface area contributed by atoms with E-state index in [1.165, 1.54) is 0 Å². The highest BCUT2D eigenvalue weighted by Crippen LogP contribution is 2.18. The van der Waals surface area contributed by atoms with Gasteiger partial charge in [-0.15, -0.1) is 0 Å². The minimum absolute atomic E-state index is 0.163. The van der Waals surface area contributed by atoms with Gasteiger partial charge >= 0.3 is 0 Å². The van der Waals surface area contributed by atoms with Crippen molar-refractivity contribution in [2.75, 3.05) is 6.61 Å². The monoisotopic (exact) mass is 326 g/mol. The van der Waals surface area contributed by atoms with E-state index in [2.05, 4.69) is 10.9 Å². The Morgan fingerprint density at radius 3 is 2.50 bits per heavy atom. The van der Waals surface area contributed by atoms with E-state index >= 15 is 0 Å². The van der Waals surface area contributed by atoms with Gasteiger partial charge in [0.2, 0.25) is 0 Å². The summed E-state index contributed by atoms with van der Waals surface area (Å²) in [6.45, 7) is 5.66. The first-order valence-corrected chi connectivity index (χ1v) is 7.89. The van der Waals surface area contributed by atoms with Crippen molar-refractivity contribution in [3.05, 3.63) is 64.7 Å². The van der Waals surface area contributed by atoms with Crippen LogP contribution in [0.2, 0.25) is 0 Å². The van der Waals surface area contributed by atoms with E-state index in [-0.39, 0.29) is 12.5 Å². The second-order valence-corrected chi connectivity index (χ2v) is 5.50. The third-order valence-electron chi connectivity index (χ3n) is 3.88. The Morgan fingerprint density at radius 2 is 1.75 bits per heavy atom. The molecule has 2 N–H and O–H groups in total. The Labute approximate surface area is 142 Å². The number of hydrogen-bond acceptors (Lipinski definition) is 3. The zero-order chi connectivity index (χ0) is 17.5. The third-order valence-corrected chi connectivity index (χ3v) is 3.88. The second-order valence-electron chi connectivity index (χ2n) is 5.50. The predicted octanol–water partition coefficient (Wildman–Crippen LogP) is 2.71. The molecule has 2 amide bonds. The summed E-state index contributed by atoms with van der Waals surface area (Å²) >= 11 is 0. The Bertz CT molecular complexity index is 741. The predicted molar refractivity (Wildman–Crippen MR) is 92.8 cm³/mol. The summed E-state index contributed by atoms with van der Waals surface area (Å²) < 4.78 is 5.51. The SMILES string of the molecule is CCc1ccccc1OCC(=O)NNC(=O)c1cccc(C)c1C. The van der Waals surface area contributed by atoms with Crippen molar-refractivity contribution in [2.45, 2.75) is 27.2 Å². The lowest BCUT2D eigenvalue weighted by atomic mass is 10.0. The smallest absolute Gasteiger partial charge is 0.276 e. The van der Waals surface area contributed by atoms with Gasteiger partial charge in [-0.1, -0.05) is 37.3 Å². The summed E-state index contributed by atoms with van der Waals surface area (Å²) in [6, 6.07) is 13.0. The van der Waals surface area contributed by atoms with E-state index in [4.69, 9.17) is 4.74 Å². The molecule has 0 aromatic heterocycles. The first-order chi connectivity index (χ1) is 11.5. The Morgan fingerprint density at radius 1 is 1.00 bits per heavy atom. The molecule has 0 aliphatic heterocycles. The number of para-hydroxylation sites is 1. The van der Waals surface area contributed by atoms with Gasteiger partial charge in [-0.2, -0.15) is 0 Å². The maximum absolute atomic E-state index is 12.1. The van der Waals surface area contributed by atoms with E-state index in [1.54, 1.807) is 6.07 Å². The van der Waals surface area contributed by atoms with Crippen molar-refractivity contribution in [1.29, 1.82) is 0 Å². The van der Waals surface area contributed by atoms with Crippen LogP contribution in [0.15, 0.2) is 42.5 Å². The number of ether oxygens (including phenoxy) is 1. The highest BCUT2D eigenvalue weighted by Gasteiger charge is 2.11. The van der Waals surface area contributed by atoms with Crippen LogP contribution in [0.1, 0.15) is 34.0 Å². The fraction of sp³-hybridized carbons (Fsp3) is 0.263. The highest BCUT2D eigenvalue weighted by molar-refractivity contribution is 5.97. The minimum atomic E-state index is -0.417. The van der Waals surface area contributed by atoms with Crippen LogP contribution in [0, 0.1) is 13.8 Å². The van der Waals surface area contributed by atoms with Crippen LogP contribution in [0.3, 0.4) is 0 Å². The average Bonchev–Trinajstić information content (AvgIpc) is 2.60. The lowest BCUT2D eigenvalue weighted by molar-refractivity contribution is -0.123. The first-order valence-electron chi connectivity index (χ1n) is 7.89. The van der Waals surface area contributed by atoms with Crippen LogP contribution >= 0.6 is 0 Å². The number of nitrogens with one attached hydrogen (secondary N) is 2. The molecule has 2 aromatic carbocycles. The van der Waals surface area contributed by atoms with E-state index in [0.29, 0.717) is 11.3 Å². The van der Waals surface area contributed by atoms with Gasteiger partial charge in [0.1, 0.15) is 5.75 Å². The van der Waals surface area contributed by atoms with Crippen molar-refractivity contribution >= 4 is 11.8 Å². The summed E-state index contributed by atoms with van der Waals surface area (Å²) in [5.41, 5.74) is 8.26. The van der Waals surface area contributed by atoms with Crippen molar-refractivity contribution in [1.82, 2.24) is 10.9 Å². The van der Waals surface area contributed by atoms with Crippen LogP contribution in [0.4, 0.5) is 0 Å². The lowest BCUT2D eigenvalue weighted by Gasteiger charge is -2.12. The molecule has 0 heterocycles. The van der Waals surface area contributed by atoms with Crippen LogP contribution in [0.5, 0.6) is 5.75 Å². The summed E-state index contributed by atoms with van der Waals surface area (Å²) in [5, 5.41) is 0. The molecular formula is C19H22N2O3. The number of rotatable bonds is 5. The van der Waals surface area contributed by atoms with Crippen LogP contribution in [-0.4, -0.2) is 18.4 Å². The molecule has 0 bridgehead atoms. The van der Waals surface area contributed by atoms with Gasteiger partial charge in [0.15, 0.2) is 6.61 Å². The Hall–Kier alpha value is -2.82. The number of aryl methyl sites for hydroxylation is 2. The molecule has 0 aliphatic rings. The summed E-state index contributed by atoms with van der Waals surface area (Å²) in [5.74, 6) is -0.0888. The quantitative estimate of drug-likeness (QED) is 0.830. The number of benzene rings is 2. The summed E-state index contributed by atoms with van der Waals surface area (Å²) in [6.07, 6.45) is 0.821. The average molecular weight is 326 g/mol. The molecule has 5 heteroatoms. The van der Waals surface area contributed by atoms with Gasteiger partial charge in [0.05, 0.1) is 0 Å². The van der Waals surface area contributed by atoms with Crippen LogP contribution < -0.4 is 15.6 Å². The summed E-state index contributed by atoms with van der Waals surface area (Å²) in [4.78, 5) is 24.0. The lowest BCUT2D eigenvalue weighted by Crippen LogP contribution is -2.44. The maximum Gasteiger partial charge on any atom is 0.276 e. The first kappa shape index (κ1) is 17.5. The van der Waals surface area contributed by atoms with Crippen molar-refractivity contribution in [3.63, 3.8) is 0 Å². The number of hydrogen-bond donors (Lipinski definition) is 2. The molecule has 0 saturated carbocycles. The van der Waals surface area contributed by atoms with E-state index in [0.717, 1.165) is 23.1 Å².